The molecule has 0 unspecified atom stereocenters. The van der Waals surface area contributed by atoms with Crippen molar-refractivity contribution in [1.29, 1.82) is 0 Å². The number of benzene rings is 1. The van der Waals surface area contributed by atoms with Crippen molar-refractivity contribution in [3.63, 3.8) is 0 Å². The molecular weight excluding hydrogens is 298 g/mol. The van der Waals surface area contributed by atoms with E-state index < -0.39 is 0 Å². The lowest BCUT2D eigenvalue weighted by atomic mass is 9.99. The third-order valence-electron chi connectivity index (χ3n) is 4.20. The molecule has 1 fully saturated rings. The van der Waals surface area contributed by atoms with Crippen LogP contribution >= 0.6 is 11.6 Å². The number of halogens is 1. The van der Waals surface area contributed by atoms with Gasteiger partial charge in [0.05, 0.1) is 18.7 Å². The fraction of sp³-hybridized carbons (Fsp3) is 0.611. The lowest BCUT2D eigenvalue weighted by Gasteiger charge is -2.26. The largest absolute Gasteiger partial charge is 0.493 e. The Labute approximate surface area is 138 Å². The normalized spacial score (nSPS) is 15.8. The van der Waals surface area contributed by atoms with Crippen molar-refractivity contribution in [3.05, 3.63) is 27.8 Å². The first-order valence-electron chi connectivity index (χ1n) is 8.22. The first-order chi connectivity index (χ1) is 10.5. The number of rotatable bonds is 6. The van der Waals surface area contributed by atoms with Crippen molar-refractivity contribution in [1.82, 2.24) is 4.90 Å². The van der Waals surface area contributed by atoms with Gasteiger partial charge < -0.3 is 4.74 Å². The minimum Gasteiger partial charge on any atom is -0.493 e. The Kier molecular flexibility index (Phi) is 6.27. The Morgan fingerprint density at radius 2 is 1.95 bits per heavy atom. The molecule has 2 rings (SSSR count). The summed E-state index contributed by atoms with van der Waals surface area (Å²) in [5.74, 6) is 0.802. The second-order valence-electron chi connectivity index (χ2n) is 6.11. The number of piperidine rings is 1. The number of hydrogen-bond acceptors (Lipinski definition) is 3. The number of hydrogen-bond donors (Lipinski definition) is 0. The van der Waals surface area contributed by atoms with E-state index in [9.17, 15) is 4.79 Å². The van der Waals surface area contributed by atoms with Gasteiger partial charge in [-0.15, -0.1) is 0 Å². The molecule has 0 amide bonds. The molecule has 4 heteroatoms. The summed E-state index contributed by atoms with van der Waals surface area (Å²) in [5, 5.41) is 0.672. The van der Waals surface area contributed by atoms with E-state index in [1.807, 2.05) is 19.9 Å². The average molecular weight is 324 g/mol. The molecule has 0 aliphatic carbocycles. The van der Waals surface area contributed by atoms with E-state index in [4.69, 9.17) is 16.3 Å². The molecule has 1 aliphatic heterocycles. The number of aryl methyl sites for hydroxylation is 1. The Bertz CT molecular complexity index is 536. The topological polar surface area (TPSA) is 29.5 Å². The van der Waals surface area contributed by atoms with Gasteiger partial charge in [-0.05, 0) is 63.4 Å². The van der Waals surface area contributed by atoms with Gasteiger partial charge in [-0.3, -0.25) is 9.69 Å². The summed E-state index contributed by atoms with van der Waals surface area (Å²) in [6.45, 7) is 9.02. The molecule has 3 nitrogen and oxygen atoms in total. The van der Waals surface area contributed by atoms with Crippen molar-refractivity contribution >= 4 is 17.4 Å². The molecule has 0 atom stereocenters. The molecule has 22 heavy (non-hydrogen) atoms. The molecule has 1 heterocycles. The smallest absolute Gasteiger partial charge is 0.180 e. The molecule has 0 spiro atoms. The summed E-state index contributed by atoms with van der Waals surface area (Å²) in [7, 11) is 0. The molecule has 122 valence electrons. The summed E-state index contributed by atoms with van der Waals surface area (Å²) in [6.07, 6.45) is 4.55. The zero-order valence-corrected chi connectivity index (χ0v) is 14.6. The van der Waals surface area contributed by atoms with E-state index in [0.29, 0.717) is 29.5 Å². The summed E-state index contributed by atoms with van der Waals surface area (Å²) in [5.41, 5.74) is 2.46. The van der Waals surface area contributed by atoms with Crippen molar-refractivity contribution in [2.75, 3.05) is 26.2 Å². The van der Waals surface area contributed by atoms with Gasteiger partial charge in [0.2, 0.25) is 0 Å². The minimum absolute atomic E-state index is 0.118. The number of ether oxygens (including phenoxy) is 1. The maximum absolute atomic E-state index is 12.8. The lowest BCUT2D eigenvalue weighted by Crippen LogP contribution is -2.34. The summed E-state index contributed by atoms with van der Waals surface area (Å²) >= 11 is 6.35. The van der Waals surface area contributed by atoms with Crippen LogP contribution < -0.4 is 4.74 Å². The van der Waals surface area contributed by atoms with Gasteiger partial charge in [0, 0.05) is 5.02 Å². The zero-order chi connectivity index (χ0) is 16.1. The number of ketones is 1. The quantitative estimate of drug-likeness (QED) is 0.726. The molecule has 1 aromatic rings. The van der Waals surface area contributed by atoms with E-state index in [2.05, 4.69) is 11.8 Å². The van der Waals surface area contributed by atoms with Crippen LogP contribution in [0.2, 0.25) is 5.02 Å². The highest BCUT2D eigenvalue weighted by Gasteiger charge is 2.22. The van der Waals surface area contributed by atoms with E-state index in [1.165, 1.54) is 19.3 Å². The van der Waals surface area contributed by atoms with Crippen molar-refractivity contribution in [2.24, 2.45) is 0 Å². The van der Waals surface area contributed by atoms with Gasteiger partial charge in [-0.2, -0.15) is 0 Å². The molecule has 1 saturated heterocycles. The molecule has 0 radical (unpaired) electrons. The number of carbonyl (C=O) groups is 1. The number of likely N-dealkylation sites (tertiary alicyclic amines) is 1. The standard InChI is InChI=1S/C18H26ClNO2/c1-4-10-22-16-11-13(2)18(19)14(3)17(16)15(21)12-20-8-6-5-7-9-20/h11H,4-10,12H2,1-3H3. The fourth-order valence-corrected chi connectivity index (χ4v) is 3.14. The third kappa shape index (κ3) is 4.02. The monoisotopic (exact) mass is 323 g/mol. The van der Waals surface area contributed by atoms with Crippen molar-refractivity contribution in [2.45, 2.75) is 46.5 Å². The van der Waals surface area contributed by atoms with Gasteiger partial charge in [-0.25, -0.2) is 0 Å². The lowest BCUT2D eigenvalue weighted by molar-refractivity contribution is 0.0911. The first kappa shape index (κ1) is 17.3. The van der Waals surface area contributed by atoms with Crippen molar-refractivity contribution in [3.8, 4) is 5.75 Å². The second kappa shape index (κ2) is 7.98. The first-order valence-corrected chi connectivity index (χ1v) is 8.60. The van der Waals surface area contributed by atoms with Crippen LogP contribution in [0, 0.1) is 13.8 Å². The SMILES string of the molecule is CCCOc1cc(C)c(Cl)c(C)c1C(=O)CN1CCCCC1. The van der Waals surface area contributed by atoms with Crippen molar-refractivity contribution < 1.29 is 9.53 Å². The maximum Gasteiger partial charge on any atom is 0.180 e. The summed E-state index contributed by atoms with van der Waals surface area (Å²) < 4.78 is 5.82. The highest BCUT2D eigenvalue weighted by molar-refractivity contribution is 6.32. The molecule has 0 saturated carbocycles. The van der Waals surface area contributed by atoms with Crippen LogP contribution in [0.25, 0.3) is 0 Å². The van der Waals surface area contributed by atoms with Gasteiger partial charge in [-0.1, -0.05) is 24.9 Å². The number of carbonyl (C=O) groups excluding carboxylic acids is 1. The van der Waals surface area contributed by atoms with E-state index in [0.717, 1.165) is 30.6 Å². The zero-order valence-electron chi connectivity index (χ0n) is 13.9. The van der Waals surface area contributed by atoms with Crippen LogP contribution in [0.1, 0.15) is 54.1 Å². The third-order valence-corrected chi connectivity index (χ3v) is 4.78. The van der Waals surface area contributed by atoms with Crippen LogP contribution in [-0.4, -0.2) is 36.9 Å². The summed E-state index contributed by atoms with van der Waals surface area (Å²) in [6, 6.07) is 1.90. The molecule has 0 N–H and O–H groups in total. The van der Waals surface area contributed by atoms with Crippen LogP contribution in [0.15, 0.2) is 6.07 Å². The molecular formula is C18H26ClNO2. The molecule has 1 aromatic carbocycles. The van der Waals surface area contributed by atoms with Gasteiger partial charge in [0.1, 0.15) is 5.75 Å². The Morgan fingerprint density at radius 3 is 2.59 bits per heavy atom. The average Bonchev–Trinajstić information content (AvgIpc) is 2.51. The van der Waals surface area contributed by atoms with Gasteiger partial charge >= 0.3 is 0 Å². The van der Waals surface area contributed by atoms with E-state index in [-0.39, 0.29) is 5.78 Å². The predicted molar refractivity (Wildman–Crippen MR) is 91.3 cm³/mol. The van der Waals surface area contributed by atoms with Crippen LogP contribution in [0.5, 0.6) is 5.75 Å². The molecule has 0 bridgehead atoms. The number of nitrogens with zero attached hydrogens (tertiary/aromatic N) is 1. The molecule has 0 aromatic heterocycles. The maximum atomic E-state index is 12.8. The van der Waals surface area contributed by atoms with E-state index >= 15 is 0 Å². The predicted octanol–water partition coefficient (Wildman–Crippen LogP) is 4.41. The highest BCUT2D eigenvalue weighted by Crippen LogP contribution is 2.32. The van der Waals surface area contributed by atoms with E-state index in [1.54, 1.807) is 0 Å². The minimum atomic E-state index is 0.118. The Morgan fingerprint density at radius 1 is 1.27 bits per heavy atom. The second-order valence-corrected chi connectivity index (χ2v) is 6.49. The fourth-order valence-electron chi connectivity index (χ4n) is 2.99. The number of Topliss-reactive ketones (excluding diaryl/α,β-unsaturated/α-hetero) is 1. The molecule has 1 aliphatic rings. The van der Waals surface area contributed by atoms with Gasteiger partial charge in [0.15, 0.2) is 5.78 Å². The van der Waals surface area contributed by atoms with Crippen LogP contribution in [0.4, 0.5) is 0 Å². The van der Waals surface area contributed by atoms with Gasteiger partial charge in [0.25, 0.3) is 0 Å². The van der Waals surface area contributed by atoms with Crippen LogP contribution in [-0.2, 0) is 0 Å². The Hall–Kier alpha value is -1.06. The summed E-state index contributed by atoms with van der Waals surface area (Å²) in [4.78, 5) is 15.0. The Balaban J connectivity index is 2.26. The van der Waals surface area contributed by atoms with Crippen LogP contribution in [0.3, 0.4) is 0 Å². The highest BCUT2D eigenvalue weighted by atomic mass is 35.5.